The molecule has 1 aromatic rings. The van der Waals surface area contributed by atoms with Crippen LogP contribution in [-0.4, -0.2) is 45.7 Å². The van der Waals surface area contributed by atoms with E-state index < -0.39 is 18.1 Å². The van der Waals surface area contributed by atoms with Crippen LogP contribution in [0.2, 0.25) is 0 Å². The van der Waals surface area contributed by atoms with Gasteiger partial charge in [-0.1, -0.05) is 0 Å². The molecule has 0 bridgehead atoms. The Morgan fingerprint density at radius 1 is 1.30 bits per heavy atom. The first kappa shape index (κ1) is 13.6. The molecule has 1 saturated heterocycles. The molecule has 1 aliphatic carbocycles. The van der Waals surface area contributed by atoms with E-state index in [1.165, 1.54) is 26.7 Å². The van der Waals surface area contributed by atoms with Crippen LogP contribution in [0.4, 0.5) is 0 Å². The molecule has 3 rings (SSSR count). The van der Waals surface area contributed by atoms with Crippen molar-refractivity contribution in [2.24, 2.45) is 0 Å². The minimum Gasteiger partial charge on any atom is -0.480 e. The number of thiophene rings is 1. The zero-order chi connectivity index (χ0) is 14.3. The Labute approximate surface area is 120 Å². The highest BCUT2D eigenvalue weighted by Gasteiger charge is 2.39. The Morgan fingerprint density at radius 2 is 2.05 bits per heavy atom. The summed E-state index contributed by atoms with van der Waals surface area (Å²) in [6, 6.07) is 1.00. The summed E-state index contributed by atoms with van der Waals surface area (Å²) in [6.45, 7) is 0.109. The lowest BCUT2D eigenvalue weighted by atomic mass is 9.99. The zero-order valence-electron chi connectivity index (χ0n) is 11.0. The fourth-order valence-corrected chi connectivity index (χ4v) is 4.22. The maximum Gasteiger partial charge on any atom is 0.326 e. The van der Waals surface area contributed by atoms with Crippen molar-refractivity contribution < 1.29 is 19.8 Å². The average Bonchev–Trinajstić information content (AvgIpc) is 3.01. The van der Waals surface area contributed by atoms with Gasteiger partial charge in [0.15, 0.2) is 0 Å². The van der Waals surface area contributed by atoms with E-state index in [0.717, 1.165) is 25.7 Å². The van der Waals surface area contributed by atoms with Crippen molar-refractivity contribution in [2.45, 2.75) is 44.2 Å². The molecule has 1 fully saturated rings. The Morgan fingerprint density at radius 3 is 2.75 bits per heavy atom. The Bertz CT molecular complexity index is 530. The maximum atomic E-state index is 12.5. The number of fused-ring (bicyclic) bond motifs is 1. The Hall–Kier alpha value is -1.40. The summed E-state index contributed by atoms with van der Waals surface area (Å²) < 4.78 is 0. The molecule has 1 aromatic heterocycles. The topological polar surface area (TPSA) is 77.8 Å². The van der Waals surface area contributed by atoms with Gasteiger partial charge in [-0.3, -0.25) is 4.79 Å². The third kappa shape index (κ3) is 2.33. The molecule has 1 amide bonds. The van der Waals surface area contributed by atoms with Gasteiger partial charge in [-0.05, 0) is 37.3 Å². The first-order valence-electron chi connectivity index (χ1n) is 6.89. The first-order valence-corrected chi connectivity index (χ1v) is 7.71. The van der Waals surface area contributed by atoms with Gasteiger partial charge in [0.1, 0.15) is 6.04 Å². The van der Waals surface area contributed by atoms with Gasteiger partial charge < -0.3 is 15.1 Å². The van der Waals surface area contributed by atoms with Crippen LogP contribution in [0.3, 0.4) is 0 Å². The number of hydrogen-bond donors (Lipinski definition) is 2. The highest BCUT2D eigenvalue weighted by atomic mass is 32.1. The van der Waals surface area contributed by atoms with Crippen molar-refractivity contribution in [3.8, 4) is 0 Å². The fourth-order valence-electron chi connectivity index (χ4n) is 3.01. The first-order chi connectivity index (χ1) is 9.56. The zero-order valence-corrected chi connectivity index (χ0v) is 11.9. The summed E-state index contributed by atoms with van der Waals surface area (Å²) in [4.78, 5) is 26.8. The van der Waals surface area contributed by atoms with Crippen molar-refractivity contribution in [1.29, 1.82) is 0 Å². The van der Waals surface area contributed by atoms with E-state index in [2.05, 4.69) is 0 Å². The molecule has 0 aromatic carbocycles. The SMILES string of the molecule is O=C(O)[C@H]1C[C@@H](O)CN1C(=O)c1cc2c(s1)CCCC2. The molecule has 0 radical (unpaired) electrons. The number of carboxylic acids is 1. The number of nitrogens with zero attached hydrogens (tertiary/aromatic N) is 1. The van der Waals surface area contributed by atoms with Crippen LogP contribution in [0, 0.1) is 0 Å². The molecule has 2 atom stereocenters. The largest absolute Gasteiger partial charge is 0.480 e. The smallest absolute Gasteiger partial charge is 0.326 e. The molecular weight excluding hydrogens is 278 g/mol. The second-order valence-electron chi connectivity index (χ2n) is 5.47. The molecular formula is C14H17NO4S. The van der Waals surface area contributed by atoms with Crippen LogP contribution in [-0.2, 0) is 17.6 Å². The lowest BCUT2D eigenvalue weighted by Crippen LogP contribution is -2.40. The standard InChI is InChI=1S/C14H17NO4S/c16-9-6-10(14(18)19)15(7-9)13(17)12-5-8-3-1-2-4-11(8)20-12/h5,9-10,16H,1-4,6-7H2,(H,18,19)/t9-,10-/m1/s1. The number of aliphatic hydroxyl groups is 1. The number of amides is 1. The molecule has 20 heavy (non-hydrogen) atoms. The highest BCUT2D eigenvalue weighted by molar-refractivity contribution is 7.14. The highest BCUT2D eigenvalue weighted by Crippen LogP contribution is 2.31. The molecule has 108 valence electrons. The molecule has 0 spiro atoms. The van der Waals surface area contributed by atoms with Crippen LogP contribution in [0.15, 0.2) is 6.07 Å². The summed E-state index contributed by atoms with van der Waals surface area (Å²) in [7, 11) is 0. The van der Waals surface area contributed by atoms with Crippen LogP contribution >= 0.6 is 11.3 Å². The molecule has 2 heterocycles. The number of carbonyl (C=O) groups excluding carboxylic acids is 1. The van der Waals surface area contributed by atoms with Crippen LogP contribution < -0.4 is 0 Å². The van der Waals surface area contributed by atoms with Crippen molar-refractivity contribution in [2.75, 3.05) is 6.54 Å². The van der Waals surface area contributed by atoms with Gasteiger partial charge in [0, 0.05) is 17.8 Å². The molecule has 0 unspecified atom stereocenters. The number of β-amino-alcohol motifs (C(OH)–C–C–N with tert-alkyl or cyclic N) is 1. The number of aliphatic hydroxyl groups excluding tert-OH is 1. The lowest BCUT2D eigenvalue weighted by molar-refractivity contribution is -0.141. The molecule has 2 N–H and O–H groups in total. The maximum absolute atomic E-state index is 12.5. The van der Waals surface area contributed by atoms with Crippen LogP contribution in [0.5, 0.6) is 0 Å². The van der Waals surface area contributed by atoms with E-state index in [4.69, 9.17) is 5.11 Å². The lowest BCUT2D eigenvalue weighted by Gasteiger charge is -2.20. The van der Waals surface area contributed by atoms with Gasteiger partial charge in [0.2, 0.25) is 0 Å². The summed E-state index contributed by atoms with van der Waals surface area (Å²) in [6.07, 6.45) is 3.70. The minimum atomic E-state index is -1.05. The molecule has 0 saturated carbocycles. The number of aliphatic carboxylic acids is 1. The van der Waals surface area contributed by atoms with Gasteiger partial charge >= 0.3 is 5.97 Å². The molecule has 2 aliphatic rings. The molecule has 1 aliphatic heterocycles. The summed E-state index contributed by atoms with van der Waals surface area (Å²) >= 11 is 1.48. The Kier molecular flexibility index (Phi) is 3.52. The van der Waals surface area contributed by atoms with E-state index in [1.54, 1.807) is 0 Å². The van der Waals surface area contributed by atoms with Crippen molar-refractivity contribution >= 4 is 23.2 Å². The van der Waals surface area contributed by atoms with E-state index in [0.29, 0.717) is 4.88 Å². The fraction of sp³-hybridized carbons (Fsp3) is 0.571. The Balaban J connectivity index is 1.84. The summed E-state index contributed by atoms with van der Waals surface area (Å²) in [5.41, 5.74) is 1.23. The van der Waals surface area contributed by atoms with Crippen LogP contribution in [0.1, 0.15) is 39.4 Å². The second-order valence-corrected chi connectivity index (χ2v) is 6.60. The van der Waals surface area contributed by atoms with E-state index >= 15 is 0 Å². The number of carboxylic acid groups (broad SMARTS) is 1. The van der Waals surface area contributed by atoms with E-state index in [1.807, 2.05) is 6.07 Å². The van der Waals surface area contributed by atoms with E-state index in [9.17, 15) is 14.7 Å². The van der Waals surface area contributed by atoms with Crippen molar-refractivity contribution in [1.82, 2.24) is 4.90 Å². The van der Waals surface area contributed by atoms with Gasteiger partial charge in [0.05, 0.1) is 11.0 Å². The number of carbonyl (C=O) groups is 2. The van der Waals surface area contributed by atoms with Gasteiger partial charge in [-0.15, -0.1) is 11.3 Å². The van der Waals surface area contributed by atoms with Gasteiger partial charge in [-0.2, -0.15) is 0 Å². The summed E-state index contributed by atoms with van der Waals surface area (Å²) in [5, 5.41) is 18.8. The second kappa shape index (κ2) is 5.18. The van der Waals surface area contributed by atoms with Crippen molar-refractivity contribution in [3.63, 3.8) is 0 Å². The number of hydrogen-bond acceptors (Lipinski definition) is 4. The number of rotatable bonds is 2. The monoisotopic (exact) mass is 295 g/mol. The third-order valence-electron chi connectivity index (χ3n) is 4.03. The van der Waals surface area contributed by atoms with Gasteiger partial charge in [0.25, 0.3) is 5.91 Å². The predicted molar refractivity (Wildman–Crippen MR) is 74.0 cm³/mol. The van der Waals surface area contributed by atoms with Crippen molar-refractivity contribution in [3.05, 3.63) is 21.4 Å². The number of likely N-dealkylation sites (tertiary alicyclic amines) is 1. The third-order valence-corrected chi connectivity index (χ3v) is 5.26. The quantitative estimate of drug-likeness (QED) is 0.862. The van der Waals surface area contributed by atoms with Crippen LogP contribution in [0.25, 0.3) is 0 Å². The number of aryl methyl sites for hydroxylation is 2. The molecule has 6 heteroatoms. The average molecular weight is 295 g/mol. The van der Waals surface area contributed by atoms with Gasteiger partial charge in [-0.25, -0.2) is 4.79 Å². The minimum absolute atomic E-state index is 0.109. The normalized spacial score (nSPS) is 25.6. The predicted octanol–water partition coefficient (Wildman–Crippen LogP) is 1.29. The molecule has 5 nitrogen and oxygen atoms in total. The summed E-state index contributed by atoms with van der Waals surface area (Å²) in [5.74, 6) is -1.30. The van der Waals surface area contributed by atoms with E-state index in [-0.39, 0.29) is 18.9 Å².